The summed E-state index contributed by atoms with van der Waals surface area (Å²) in [5.41, 5.74) is 0.887. The molecule has 2 N–H and O–H groups in total. The minimum Gasteiger partial charge on any atom is -0.356 e. The van der Waals surface area contributed by atoms with Gasteiger partial charge in [0.2, 0.25) is 11.8 Å². The number of thioether (sulfide) groups is 1. The van der Waals surface area contributed by atoms with Crippen molar-refractivity contribution in [1.82, 2.24) is 20.8 Å². The van der Waals surface area contributed by atoms with E-state index in [9.17, 15) is 9.59 Å². The van der Waals surface area contributed by atoms with Crippen LogP contribution >= 0.6 is 23.4 Å². The molecule has 0 saturated carbocycles. The Kier molecular flexibility index (Phi) is 8.97. The van der Waals surface area contributed by atoms with Gasteiger partial charge >= 0.3 is 0 Å². The molecule has 1 aromatic heterocycles. The number of benzene rings is 1. The van der Waals surface area contributed by atoms with Crippen LogP contribution in [0.3, 0.4) is 0 Å². The summed E-state index contributed by atoms with van der Waals surface area (Å²) in [6, 6.07) is 11.3. The van der Waals surface area contributed by atoms with Gasteiger partial charge in [0.15, 0.2) is 5.82 Å². The van der Waals surface area contributed by atoms with E-state index in [2.05, 4.69) is 32.7 Å². The van der Waals surface area contributed by atoms with Crippen molar-refractivity contribution in [2.24, 2.45) is 5.92 Å². The summed E-state index contributed by atoms with van der Waals surface area (Å²) in [4.78, 5) is 26.4. The van der Waals surface area contributed by atoms with Gasteiger partial charge in [0.05, 0.1) is 5.75 Å². The largest absolute Gasteiger partial charge is 0.356 e. The lowest BCUT2D eigenvalue weighted by molar-refractivity contribution is -0.125. The van der Waals surface area contributed by atoms with Crippen LogP contribution in [0.2, 0.25) is 5.02 Å². The zero-order chi connectivity index (χ0) is 22.1. The van der Waals surface area contributed by atoms with Crippen LogP contribution in [0.1, 0.15) is 31.7 Å². The van der Waals surface area contributed by atoms with Gasteiger partial charge in [-0.15, -0.1) is 10.2 Å². The summed E-state index contributed by atoms with van der Waals surface area (Å²) in [7, 11) is 0. The number of rotatable bonds is 9. The van der Waals surface area contributed by atoms with Crippen LogP contribution in [0.25, 0.3) is 0 Å². The second-order valence-electron chi connectivity index (χ2n) is 7.44. The lowest BCUT2D eigenvalue weighted by Gasteiger charge is -2.31. The van der Waals surface area contributed by atoms with Crippen LogP contribution in [0.5, 0.6) is 0 Å². The monoisotopic (exact) mass is 461 g/mol. The SMILES string of the molecule is CCCNC(=O)C1CCN(c2ccc(SCC(=O)NCc3ccccc3Cl)nn2)CC1. The number of carbonyl (C=O) groups excluding carboxylic acids is 2. The number of hydrogen-bond acceptors (Lipinski definition) is 6. The summed E-state index contributed by atoms with van der Waals surface area (Å²) in [6.45, 7) is 4.76. The molecule has 0 unspecified atom stereocenters. The fourth-order valence-electron chi connectivity index (χ4n) is 3.35. The molecule has 1 aliphatic rings. The van der Waals surface area contributed by atoms with Gasteiger partial charge in [0, 0.05) is 37.1 Å². The van der Waals surface area contributed by atoms with Crippen LogP contribution in [-0.4, -0.2) is 47.4 Å². The highest BCUT2D eigenvalue weighted by Gasteiger charge is 2.25. The molecular formula is C22H28ClN5O2S. The molecule has 0 atom stereocenters. The topological polar surface area (TPSA) is 87.2 Å². The number of carbonyl (C=O) groups is 2. The molecule has 3 rings (SSSR count). The highest BCUT2D eigenvalue weighted by Crippen LogP contribution is 2.23. The van der Waals surface area contributed by atoms with Gasteiger partial charge in [0.25, 0.3) is 0 Å². The van der Waals surface area contributed by atoms with Gasteiger partial charge in [0.1, 0.15) is 5.03 Å². The van der Waals surface area contributed by atoms with Gasteiger partial charge in [-0.25, -0.2) is 0 Å². The van der Waals surface area contributed by atoms with E-state index in [0.717, 1.165) is 50.3 Å². The van der Waals surface area contributed by atoms with Crippen molar-refractivity contribution in [3.8, 4) is 0 Å². The van der Waals surface area contributed by atoms with E-state index < -0.39 is 0 Å². The molecule has 1 aliphatic heterocycles. The van der Waals surface area contributed by atoms with Crippen molar-refractivity contribution in [2.75, 3.05) is 30.3 Å². The van der Waals surface area contributed by atoms with E-state index in [1.165, 1.54) is 11.8 Å². The summed E-state index contributed by atoms with van der Waals surface area (Å²) in [6.07, 6.45) is 2.59. The summed E-state index contributed by atoms with van der Waals surface area (Å²) >= 11 is 7.45. The number of hydrogen-bond donors (Lipinski definition) is 2. The van der Waals surface area contributed by atoms with Crippen LogP contribution in [-0.2, 0) is 16.1 Å². The molecule has 31 heavy (non-hydrogen) atoms. The Morgan fingerprint density at radius 1 is 1.13 bits per heavy atom. The number of anilines is 1. The van der Waals surface area contributed by atoms with Gasteiger partial charge in [-0.2, -0.15) is 0 Å². The quantitative estimate of drug-likeness (QED) is 0.557. The molecule has 0 spiro atoms. The van der Waals surface area contributed by atoms with Crippen molar-refractivity contribution < 1.29 is 9.59 Å². The molecule has 1 fully saturated rings. The molecule has 2 aromatic rings. The maximum Gasteiger partial charge on any atom is 0.230 e. The molecule has 1 aromatic carbocycles. The zero-order valence-electron chi connectivity index (χ0n) is 17.6. The van der Waals surface area contributed by atoms with Gasteiger partial charge in [-0.05, 0) is 43.0 Å². The maximum atomic E-state index is 12.1. The number of nitrogens with one attached hydrogen (secondary N) is 2. The van der Waals surface area contributed by atoms with Crippen LogP contribution in [0.4, 0.5) is 5.82 Å². The molecule has 0 aliphatic carbocycles. The second-order valence-corrected chi connectivity index (χ2v) is 8.84. The Labute approximate surface area is 192 Å². The van der Waals surface area contributed by atoms with Gasteiger partial charge < -0.3 is 15.5 Å². The first-order valence-electron chi connectivity index (χ1n) is 10.6. The minimum atomic E-state index is -0.0841. The standard InChI is InChI=1S/C22H28ClN5O2S/c1-2-11-24-22(30)16-9-12-28(13-10-16)19-7-8-21(27-26-19)31-15-20(29)25-14-17-5-3-4-6-18(17)23/h3-8,16H,2,9-15H2,1H3,(H,24,30)(H,25,29). The van der Waals surface area contributed by atoms with Gasteiger partial charge in [-0.3, -0.25) is 9.59 Å². The van der Waals surface area contributed by atoms with E-state index in [1.807, 2.05) is 30.3 Å². The van der Waals surface area contributed by atoms with E-state index in [0.29, 0.717) is 16.6 Å². The van der Waals surface area contributed by atoms with E-state index in [1.54, 1.807) is 6.07 Å². The predicted molar refractivity (Wildman–Crippen MR) is 124 cm³/mol. The van der Waals surface area contributed by atoms with E-state index >= 15 is 0 Å². The lowest BCUT2D eigenvalue weighted by atomic mass is 9.96. The average molecular weight is 462 g/mol. The highest BCUT2D eigenvalue weighted by atomic mass is 35.5. The third-order valence-corrected chi connectivity index (χ3v) is 6.44. The van der Waals surface area contributed by atoms with Crippen molar-refractivity contribution in [2.45, 2.75) is 37.8 Å². The average Bonchev–Trinajstić information content (AvgIpc) is 2.81. The molecular weight excluding hydrogens is 434 g/mol. The molecule has 9 heteroatoms. The minimum absolute atomic E-state index is 0.0786. The number of piperidine rings is 1. The smallest absolute Gasteiger partial charge is 0.230 e. The van der Waals surface area contributed by atoms with Crippen LogP contribution in [0.15, 0.2) is 41.4 Å². The summed E-state index contributed by atoms with van der Waals surface area (Å²) < 4.78 is 0. The molecule has 2 heterocycles. The first-order chi connectivity index (χ1) is 15.1. The number of nitrogens with zero attached hydrogens (tertiary/aromatic N) is 3. The molecule has 1 saturated heterocycles. The fourth-order valence-corrected chi connectivity index (χ4v) is 4.19. The Morgan fingerprint density at radius 2 is 1.90 bits per heavy atom. The fraction of sp³-hybridized carbons (Fsp3) is 0.455. The Bertz CT molecular complexity index is 872. The second kappa shape index (κ2) is 11.9. The molecule has 0 radical (unpaired) electrons. The highest BCUT2D eigenvalue weighted by molar-refractivity contribution is 7.99. The van der Waals surface area contributed by atoms with Crippen molar-refractivity contribution in [3.05, 3.63) is 47.0 Å². The number of aromatic nitrogens is 2. The predicted octanol–water partition coefficient (Wildman–Crippen LogP) is 3.28. The Morgan fingerprint density at radius 3 is 2.58 bits per heavy atom. The Hall–Kier alpha value is -2.32. The summed E-state index contributed by atoms with van der Waals surface area (Å²) in [5.74, 6) is 1.22. The maximum absolute atomic E-state index is 12.1. The third-order valence-electron chi connectivity index (χ3n) is 5.15. The van der Waals surface area contributed by atoms with Gasteiger partial charge in [-0.1, -0.05) is 48.5 Å². The van der Waals surface area contributed by atoms with Crippen LogP contribution in [0, 0.1) is 5.92 Å². The van der Waals surface area contributed by atoms with Crippen LogP contribution < -0.4 is 15.5 Å². The lowest BCUT2D eigenvalue weighted by Crippen LogP contribution is -2.41. The first kappa shape index (κ1) is 23.3. The number of halogens is 1. The molecule has 0 bridgehead atoms. The molecule has 2 amide bonds. The molecule has 7 nitrogen and oxygen atoms in total. The number of amides is 2. The summed E-state index contributed by atoms with van der Waals surface area (Å²) in [5, 5.41) is 15.7. The van der Waals surface area contributed by atoms with E-state index in [-0.39, 0.29) is 23.5 Å². The molecule has 166 valence electrons. The van der Waals surface area contributed by atoms with Crippen molar-refractivity contribution >= 4 is 41.0 Å². The third kappa shape index (κ3) is 7.11. The normalized spacial score (nSPS) is 14.3. The first-order valence-corrected chi connectivity index (χ1v) is 11.9. The zero-order valence-corrected chi connectivity index (χ0v) is 19.2. The van der Waals surface area contributed by atoms with E-state index in [4.69, 9.17) is 11.6 Å². The Balaban J connectivity index is 1.41. The van der Waals surface area contributed by atoms with Crippen molar-refractivity contribution in [3.63, 3.8) is 0 Å². The van der Waals surface area contributed by atoms with Crippen molar-refractivity contribution in [1.29, 1.82) is 0 Å².